The fourth-order valence-electron chi connectivity index (χ4n) is 2.97. The van der Waals surface area contributed by atoms with Crippen molar-refractivity contribution in [2.45, 2.75) is 19.3 Å². The van der Waals surface area contributed by atoms with Crippen molar-refractivity contribution in [1.82, 2.24) is 19.9 Å². The number of carbonyl (C=O) groups is 1. The van der Waals surface area contributed by atoms with Gasteiger partial charge in [-0.2, -0.15) is 0 Å². The Kier molecular flexibility index (Phi) is 3.74. The van der Waals surface area contributed by atoms with Crippen LogP contribution in [0, 0.1) is 0 Å². The number of aryl methyl sites for hydroxylation is 2. The molecule has 24 heavy (non-hydrogen) atoms. The van der Waals surface area contributed by atoms with Crippen LogP contribution in [-0.2, 0) is 12.8 Å². The number of aromatic amines is 1. The van der Waals surface area contributed by atoms with Crippen LogP contribution in [0.25, 0.3) is 11.3 Å². The first-order valence-corrected chi connectivity index (χ1v) is 8.02. The molecule has 3 aromatic heterocycles. The lowest BCUT2D eigenvalue weighted by Gasteiger charge is -2.08. The smallest absolute Gasteiger partial charge is 0.259 e. The van der Waals surface area contributed by atoms with Crippen molar-refractivity contribution in [3.8, 4) is 11.3 Å². The van der Waals surface area contributed by atoms with E-state index >= 15 is 0 Å². The number of halogens is 1. The monoisotopic (exact) mass is 339 g/mol. The zero-order valence-corrected chi connectivity index (χ0v) is 13.5. The second-order valence-corrected chi connectivity index (χ2v) is 6.06. The molecular formula is C17H14ClN5O. The van der Waals surface area contributed by atoms with Crippen molar-refractivity contribution in [2.75, 3.05) is 5.32 Å². The topological polar surface area (TPSA) is 83.6 Å². The molecule has 7 heteroatoms. The van der Waals surface area contributed by atoms with Crippen molar-refractivity contribution >= 4 is 23.3 Å². The van der Waals surface area contributed by atoms with Crippen molar-refractivity contribution in [1.29, 1.82) is 0 Å². The van der Waals surface area contributed by atoms with E-state index < -0.39 is 0 Å². The average Bonchev–Trinajstić information content (AvgIpc) is 2.93. The van der Waals surface area contributed by atoms with E-state index in [1.807, 2.05) is 6.20 Å². The number of aromatic nitrogens is 4. The number of fused-ring (bicyclic) bond motifs is 3. The van der Waals surface area contributed by atoms with Gasteiger partial charge in [-0.3, -0.25) is 4.79 Å². The third-order valence-electron chi connectivity index (χ3n) is 4.07. The molecule has 3 heterocycles. The van der Waals surface area contributed by atoms with Gasteiger partial charge in [0.15, 0.2) is 0 Å². The first-order valence-electron chi connectivity index (χ1n) is 7.65. The molecule has 2 N–H and O–H groups in total. The maximum Gasteiger partial charge on any atom is 0.259 e. The minimum atomic E-state index is -0.228. The fourth-order valence-corrected chi connectivity index (χ4v) is 3.08. The standard InChI is InChI=1S/C17H14ClN5O/c18-11-4-5-14(21-7-11)23-17(24)12-8-20-13-3-1-2-10-6-19-9-22-16(10)15(12)13/h4-9,20H,1-3H2,(H,21,23,24). The average molecular weight is 340 g/mol. The van der Waals surface area contributed by atoms with E-state index in [1.165, 1.54) is 12.5 Å². The predicted octanol–water partition coefficient (Wildman–Crippen LogP) is 3.26. The van der Waals surface area contributed by atoms with Crippen molar-refractivity contribution in [2.24, 2.45) is 0 Å². The van der Waals surface area contributed by atoms with E-state index in [-0.39, 0.29) is 5.91 Å². The Labute approximate surface area is 143 Å². The van der Waals surface area contributed by atoms with Crippen LogP contribution in [-0.4, -0.2) is 25.8 Å². The predicted molar refractivity (Wildman–Crippen MR) is 91.0 cm³/mol. The van der Waals surface area contributed by atoms with Gasteiger partial charge in [-0.05, 0) is 37.0 Å². The Morgan fingerprint density at radius 3 is 2.96 bits per heavy atom. The maximum absolute atomic E-state index is 12.7. The number of anilines is 1. The number of amides is 1. The number of H-pyrrole nitrogens is 1. The molecule has 0 fully saturated rings. The van der Waals surface area contributed by atoms with Crippen LogP contribution >= 0.6 is 11.6 Å². The molecule has 1 aliphatic carbocycles. The lowest BCUT2D eigenvalue weighted by Crippen LogP contribution is -2.13. The van der Waals surface area contributed by atoms with Gasteiger partial charge in [0.05, 0.1) is 16.3 Å². The number of rotatable bonds is 2. The van der Waals surface area contributed by atoms with E-state index in [4.69, 9.17) is 11.6 Å². The minimum Gasteiger partial charge on any atom is -0.364 e. The number of hydrogen-bond donors (Lipinski definition) is 2. The van der Waals surface area contributed by atoms with Crippen LogP contribution in [0.4, 0.5) is 5.82 Å². The van der Waals surface area contributed by atoms with Crippen LogP contribution in [0.2, 0.25) is 5.02 Å². The molecule has 0 unspecified atom stereocenters. The van der Waals surface area contributed by atoms with Gasteiger partial charge >= 0.3 is 0 Å². The van der Waals surface area contributed by atoms with Gasteiger partial charge < -0.3 is 10.3 Å². The maximum atomic E-state index is 12.7. The van der Waals surface area contributed by atoms with Crippen LogP contribution in [0.3, 0.4) is 0 Å². The molecule has 120 valence electrons. The molecule has 0 bridgehead atoms. The lowest BCUT2D eigenvalue weighted by atomic mass is 10.0. The normalized spacial score (nSPS) is 12.9. The Bertz CT molecular complexity index is 904. The quantitative estimate of drug-likeness (QED) is 0.750. The molecular weight excluding hydrogens is 326 g/mol. The summed E-state index contributed by atoms with van der Waals surface area (Å²) < 4.78 is 0. The van der Waals surface area contributed by atoms with Gasteiger partial charge in [-0.25, -0.2) is 15.0 Å². The van der Waals surface area contributed by atoms with Gasteiger partial charge in [-0.1, -0.05) is 11.6 Å². The third-order valence-corrected chi connectivity index (χ3v) is 4.30. The first-order chi connectivity index (χ1) is 11.7. The second kappa shape index (κ2) is 6.05. The first kappa shape index (κ1) is 14.8. The van der Waals surface area contributed by atoms with Gasteiger partial charge in [0.2, 0.25) is 0 Å². The Balaban J connectivity index is 1.73. The van der Waals surface area contributed by atoms with Gasteiger partial charge in [-0.15, -0.1) is 0 Å². The Morgan fingerprint density at radius 2 is 2.12 bits per heavy atom. The van der Waals surface area contributed by atoms with Crippen molar-refractivity contribution in [3.63, 3.8) is 0 Å². The Morgan fingerprint density at radius 1 is 1.21 bits per heavy atom. The summed E-state index contributed by atoms with van der Waals surface area (Å²) in [6, 6.07) is 3.35. The number of nitrogens with zero attached hydrogens (tertiary/aromatic N) is 3. The molecule has 0 radical (unpaired) electrons. The van der Waals surface area contributed by atoms with Gasteiger partial charge in [0.1, 0.15) is 12.1 Å². The molecule has 0 aliphatic heterocycles. The molecule has 0 atom stereocenters. The van der Waals surface area contributed by atoms with E-state index in [2.05, 4.69) is 25.3 Å². The van der Waals surface area contributed by atoms with Gasteiger partial charge in [0.25, 0.3) is 5.91 Å². The molecule has 4 rings (SSSR count). The zero-order valence-electron chi connectivity index (χ0n) is 12.7. The summed E-state index contributed by atoms with van der Waals surface area (Å²) in [4.78, 5) is 28.5. The second-order valence-electron chi connectivity index (χ2n) is 5.62. The summed E-state index contributed by atoms with van der Waals surface area (Å²) >= 11 is 5.82. The number of nitrogens with one attached hydrogen (secondary N) is 2. The van der Waals surface area contributed by atoms with Crippen LogP contribution < -0.4 is 5.32 Å². The largest absolute Gasteiger partial charge is 0.364 e. The number of carbonyl (C=O) groups excluding carboxylic acids is 1. The van der Waals surface area contributed by atoms with Crippen molar-refractivity contribution in [3.05, 3.63) is 58.9 Å². The van der Waals surface area contributed by atoms with Crippen LogP contribution in [0.15, 0.2) is 37.1 Å². The summed E-state index contributed by atoms with van der Waals surface area (Å²) in [5, 5.41) is 3.32. The van der Waals surface area contributed by atoms with E-state index in [0.717, 1.165) is 41.8 Å². The summed E-state index contributed by atoms with van der Waals surface area (Å²) in [6.07, 6.45) is 9.34. The summed E-state index contributed by atoms with van der Waals surface area (Å²) in [5.41, 5.74) is 4.34. The molecule has 6 nitrogen and oxygen atoms in total. The zero-order chi connectivity index (χ0) is 16.5. The lowest BCUT2D eigenvalue weighted by molar-refractivity contribution is 0.102. The van der Waals surface area contributed by atoms with Gasteiger partial charge in [0, 0.05) is 29.8 Å². The molecule has 3 aromatic rings. The highest BCUT2D eigenvalue weighted by molar-refractivity contribution is 6.30. The summed E-state index contributed by atoms with van der Waals surface area (Å²) in [7, 11) is 0. The highest BCUT2D eigenvalue weighted by atomic mass is 35.5. The highest BCUT2D eigenvalue weighted by Crippen LogP contribution is 2.33. The Hall–Kier alpha value is -2.73. The van der Waals surface area contributed by atoms with Crippen molar-refractivity contribution < 1.29 is 4.79 Å². The van der Waals surface area contributed by atoms with Crippen LogP contribution in [0.5, 0.6) is 0 Å². The van der Waals surface area contributed by atoms with E-state index in [1.54, 1.807) is 18.3 Å². The SMILES string of the molecule is O=C(Nc1ccc(Cl)cn1)c1c[nH]c2c1-c1ncncc1CCC2. The molecule has 1 amide bonds. The number of pyridine rings is 1. The summed E-state index contributed by atoms with van der Waals surface area (Å²) in [6.45, 7) is 0. The van der Waals surface area contributed by atoms with Crippen LogP contribution in [0.1, 0.15) is 28.0 Å². The van der Waals surface area contributed by atoms with E-state index in [0.29, 0.717) is 16.4 Å². The molecule has 0 saturated heterocycles. The summed E-state index contributed by atoms with van der Waals surface area (Å²) in [5.74, 6) is 0.227. The number of hydrogen-bond acceptors (Lipinski definition) is 4. The van der Waals surface area contributed by atoms with E-state index in [9.17, 15) is 4.79 Å². The highest BCUT2D eigenvalue weighted by Gasteiger charge is 2.24. The molecule has 0 aromatic carbocycles. The minimum absolute atomic E-state index is 0.228. The third kappa shape index (κ3) is 2.65. The molecule has 1 aliphatic rings. The molecule has 0 saturated carbocycles. The molecule has 0 spiro atoms. The fraction of sp³-hybridized carbons (Fsp3) is 0.176.